The van der Waals surface area contributed by atoms with Gasteiger partial charge in [-0.15, -0.1) is 0 Å². The highest BCUT2D eigenvalue weighted by Crippen LogP contribution is 2.30. The number of urea groups is 2. The van der Waals surface area contributed by atoms with E-state index in [4.69, 9.17) is 4.74 Å². The first-order valence-corrected chi connectivity index (χ1v) is 18.3. The van der Waals surface area contributed by atoms with Gasteiger partial charge in [0.25, 0.3) is 5.91 Å². The third-order valence-electron chi connectivity index (χ3n) is 10.0. The van der Waals surface area contributed by atoms with Crippen molar-refractivity contribution in [1.29, 1.82) is 0 Å². The minimum atomic E-state index is -1.08. The van der Waals surface area contributed by atoms with Crippen molar-refractivity contribution in [3.8, 4) is 0 Å². The van der Waals surface area contributed by atoms with Crippen molar-refractivity contribution in [2.24, 2.45) is 5.92 Å². The largest absolute Gasteiger partial charge is 0.378 e. The molecule has 3 N–H and O–H groups in total. The second kappa shape index (κ2) is 20.8. The Balaban J connectivity index is 2.01. The van der Waals surface area contributed by atoms with Gasteiger partial charge in [-0.3, -0.25) is 39.0 Å². The number of likely N-dealkylation sites (N-methyl/N-ethyl adjacent to an activating group) is 5. The number of amides is 10. The van der Waals surface area contributed by atoms with Crippen molar-refractivity contribution in [3.63, 3.8) is 0 Å². The second-order valence-electron chi connectivity index (χ2n) is 14.4. The van der Waals surface area contributed by atoms with Crippen LogP contribution in [0.1, 0.15) is 65.7 Å². The molecule has 18 heteroatoms. The van der Waals surface area contributed by atoms with Gasteiger partial charge in [0.1, 0.15) is 30.7 Å². The number of carbonyl (C=O) groups excluding carboxylic acids is 8. The van der Waals surface area contributed by atoms with E-state index in [0.29, 0.717) is 38.8 Å². The van der Waals surface area contributed by atoms with Crippen molar-refractivity contribution >= 4 is 47.5 Å². The molecule has 1 saturated carbocycles. The van der Waals surface area contributed by atoms with Gasteiger partial charge >= 0.3 is 12.1 Å². The summed E-state index contributed by atoms with van der Waals surface area (Å²) >= 11 is 0. The van der Waals surface area contributed by atoms with Gasteiger partial charge in [0.2, 0.25) is 29.5 Å². The molecule has 3 atom stereocenters. The van der Waals surface area contributed by atoms with Crippen LogP contribution in [0, 0.1) is 5.92 Å². The predicted octanol–water partition coefficient (Wildman–Crippen LogP) is -0.328. The fourth-order valence-electron chi connectivity index (χ4n) is 6.09. The van der Waals surface area contributed by atoms with Crippen LogP contribution in [0.15, 0.2) is 0 Å². The lowest BCUT2D eigenvalue weighted by Crippen LogP contribution is -2.63. The highest BCUT2D eigenvalue weighted by atomic mass is 16.5. The molecular weight excluding hydrogens is 690 g/mol. The van der Waals surface area contributed by atoms with E-state index in [2.05, 4.69) is 16.0 Å². The summed E-state index contributed by atoms with van der Waals surface area (Å²) in [4.78, 5) is 112. The Morgan fingerprint density at radius 1 is 0.887 bits per heavy atom. The minimum Gasteiger partial charge on any atom is -0.378 e. The van der Waals surface area contributed by atoms with Crippen molar-refractivity contribution in [3.05, 3.63) is 0 Å². The van der Waals surface area contributed by atoms with E-state index in [1.54, 1.807) is 14.0 Å². The van der Waals surface area contributed by atoms with Crippen molar-refractivity contribution in [2.45, 2.75) is 83.3 Å². The van der Waals surface area contributed by atoms with E-state index in [1.165, 1.54) is 30.9 Å². The Bertz CT molecular complexity index is 1340. The number of rotatable bonds is 18. The zero-order valence-electron chi connectivity index (χ0n) is 33.0. The summed E-state index contributed by atoms with van der Waals surface area (Å²) in [6.45, 7) is 5.78. The van der Waals surface area contributed by atoms with Gasteiger partial charge in [0.05, 0.1) is 13.2 Å². The zero-order valence-corrected chi connectivity index (χ0v) is 33.0. The van der Waals surface area contributed by atoms with Crippen LogP contribution >= 0.6 is 0 Å². The maximum absolute atomic E-state index is 13.3. The lowest BCUT2D eigenvalue weighted by atomic mass is 9.96. The number of likely N-dealkylation sites (tertiary alicyclic amines) is 1. The van der Waals surface area contributed by atoms with Gasteiger partial charge in [-0.1, -0.05) is 33.1 Å². The number of hydrogen-bond donors (Lipinski definition) is 3. The number of hydrogen-bond acceptors (Lipinski definition) is 10. The smallest absolute Gasteiger partial charge is 0.326 e. The number of nitrogens with zero attached hydrogens (tertiary/aromatic N) is 6. The van der Waals surface area contributed by atoms with Crippen LogP contribution in [0.3, 0.4) is 0 Å². The number of nitrogens with one attached hydrogen (secondary N) is 3. The summed E-state index contributed by atoms with van der Waals surface area (Å²) in [5.74, 6) is -2.84. The van der Waals surface area contributed by atoms with Crippen LogP contribution in [-0.2, 0) is 33.5 Å². The molecule has 2 aliphatic rings. The van der Waals surface area contributed by atoms with E-state index >= 15 is 0 Å². The fourth-order valence-corrected chi connectivity index (χ4v) is 6.09. The molecule has 0 spiro atoms. The maximum Gasteiger partial charge on any atom is 0.326 e. The summed E-state index contributed by atoms with van der Waals surface area (Å²) in [6, 6.07) is -3.46. The van der Waals surface area contributed by atoms with Crippen LogP contribution in [0.2, 0.25) is 0 Å². The van der Waals surface area contributed by atoms with Crippen LogP contribution < -0.4 is 16.0 Å². The molecule has 1 heterocycles. The van der Waals surface area contributed by atoms with E-state index < -0.39 is 66.4 Å². The average molecular weight is 752 g/mol. The molecule has 1 saturated heterocycles. The maximum atomic E-state index is 13.3. The minimum absolute atomic E-state index is 0.0456. The van der Waals surface area contributed by atoms with Crippen LogP contribution in [0.4, 0.5) is 9.59 Å². The molecular formula is C35H61N9O9. The zero-order chi connectivity index (χ0) is 40.0. The summed E-state index contributed by atoms with van der Waals surface area (Å²) < 4.78 is 5.60. The molecule has 1 aliphatic carbocycles. The SMILES string of the molecule is CC[C@H](C)CC(=O)N(C)[C@@H](C)C(=O)N1CC[C@H]1C(=O)N(C)C(=O)N(C)CC(=O)NC(=O)N(CCOCCN(C)C)CC(=O)NC1(C(=O)NC)CCCC1. The summed E-state index contributed by atoms with van der Waals surface area (Å²) in [7, 11) is 9.32. The fraction of sp³-hybridized carbons (Fsp3) is 0.771. The Kier molecular flexibility index (Phi) is 17.6. The quantitative estimate of drug-likeness (QED) is 0.156. The standard InChI is InChI=1S/C35H61N9O9/c1-10-24(2)21-29(47)41(8)25(3)30(48)44-16-13-26(44)31(49)42(9)34(52)40(7)22-27(45)37-33(51)43(18-20-53-19-17-39(5)6)23-28(46)38-35(32(50)36-4)14-11-12-15-35/h24-26H,10-23H2,1-9H3,(H,36,50)(H,38,46)(H,37,45,51)/t24-,25-,26-/m0/s1. The molecule has 1 aliphatic heterocycles. The molecule has 2 fully saturated rings. The second-order valence-corrected chi connectivity index (χ2v) is 14.4. The van der Waals surface area contributed by atoms with E-state index in [0.717, 1.165) is 34.0 Å². The van der Waals surface area contributed by atoms with E-state index in [-0.39, 0.29) is 37.4 Å². The first kappa shape index (κ1) is 44.8. The molecule has 300 valence electrons. The van der Waals surface area contributed by atoms with E-state index in [9.17, 15) is 38.4 Å². The van der Waals surface area contributed by atoms with Crippen molar-refractivity contribution in [1.82, 2.24) is 45.3 Å². The van der Waals surface area contributed by atoms with Gasteiger partial charge in [0, 0.05) is 54.2 Å². The van der Waals surface area contributed by atoms with Gasteiger partial charge < -0.3 is 39.9 Å². The topological polar surface area (TPSA) is 201 Å². The summed E-state index contributed by atoms with van der Waals surface area (Å²) in [6.07, 6.45) is 3.88. The first-order valence-electron chi connectivity index (χ1n) is 18.3. The number of ether oxygens (including phenoxy) is 1. The third kappa shape index (κ3) is 12.7. The van der Waals surface area contributed by atoms with Crippen LogP contribution in [0.5, 0.6) is 0 Å². The van der Waals surface area contributed by atoms with Gasteiger partial charge in [-0.05, 0) is 46.2 Å². The molecule has 0 bridgehead atoms. The lowest BCUT2D eigenvalue weighted by Gasteiger charge is -2.43. The van der Waals surface area contributed by atoms with Gasteiger partial charge in [-0.2, -0.15) is 0 Å². The highest BCUT2D eigenvalue weighted by molar-refractivity contribution is 6.02. The average Bonchev–Trinajstić information content (AvgIpc) is 3.57. The summed E-state index contributed by atoms with van der Waals surface area (Å²) in [5, 5.41) is 7.57. The molecule has 0 aromatic carbocycles. The summed E-state index contributed by atoms with van der Waals surface area (Å²) in [5.41, 5.74) is -1.08. The molecule has 0 aromatic rings. The van der Waals surface area contributed by atoms with Gasteiger partial charge in [-0.25, -0.2) is 9.59 Å². The number of imide groups is 2. The molecule has 2 rings (SSSR count). The third-order valence-corrected chi connectivity index (χ3v) is 10.0. The van der Waals surface area contributed by atoms with Crippen molar-refractivity contribution < 1.29 is 43.1 Å². The Morgan fingerprint density at radius 2 is 1.51 bits per heavy atom. The molecule has 53 heavy (non-hydrogen) atoms. The first-order chi connectivity index (χ1) is 24.9. The number of carbonyl (C=O) groups is 8. The Labute approximate surface area is 313 Å². The molecule has 18 nitrogen and oxygen atoms in total. The van der Waals surface area contributed by atoms with Crippen LogP contribution in [-0.4, -0.2) is 183 Å². The molecule has 10 amide bonds. The Hall–Kier alpha value is -4.32. The predicted molar refractivity (Wildman–Crippen MR) is 195 cm³/mol. The molecule has 0 aromatic heterocycles. The van der Waals surface area contributed by atoms with Crippen LogP contribution in [0.25, 0.3) is 0 Å². The van der Waals surface area contributed by atoms with E-state index in [1.807, 2.05) is 32.8 Å². The Morgan fingerprint density at radius 3 is 2.06 bits per heavy atom. The van der Waals surface area contributed by atoms with Gasteiger partial charge in [0.15, 0.2) is 0 Å². The normalized spacial score (nSPS) is 17.2. The van der Waals surface area contributed by atoms with Crippen molar-refractivity contribution in [2.75, 3.05) is 88.2 Å². The molecule has 0 unspecified atom stereocenters. The lowest BCUT2D eigenvalue weighted by molar-refractivity contribution is -0.156. The highest BCUT2D eigenvalue weighted by Gasteiger charge is 2.44. The molecule has 0 radical (unpaired) electrons. The monoisotopic (exact) mass is 751 g/mol.